The predicted octanol–water partition coefficient (Wildman–Crippen LogP) is 2.42. The van der Waals surface area contributed by atoms with E-state index < -0.39 is 16.0 Å². The third kappa shape index (κ3) is 4.85. The highest BCUT2D eigenvalue weighted by molar-refractivity contribution is 7.92. The number of benzene rings is 2. The quantitative estimate of drug-likeness (QED) is 0.671. The van der Waals surface area contributed by atoms with Gasteiger partial charge in [-0.05, 0) is 49.0 Å². The lowest BCUT2D eigenvalue weighted by molar-refractivity contribution is 0.0600. The number of hydrogen-bond acceptors (Lipinski definition) is 7. The first kappa shape index (κ1) is 21.9. The van der Waals surface area contributed by atoms with Crippen LogP contribution in [0.1, 0.15) is 17.3 Å². The van der Waals surface area contributed by atoms with Crippen molar-refractivity contribution in [3.05, 3.63) is 48.0 Å². The van der Waals surface area contributed by atoms with Gasteiger partial charge in [0.15, 0.2) is 0 Å². The van der Waals surface area contributed by atoms with Crippen LogP contribution >= 0.6 is 0 Å². The normalized spacial score (nSPS) is 15.0. The van der Waals surface area contributed by atoms with E-state index in [0.29, 0.717) is 30.2 Å². The molecule has 0 aromatic heterocycles. The smallest absolute Gasteiger partial charge is 0.337 e. The van der Waals surface area contributed by atoms with Gasteiger partial charge in [0.25, 0.3) is 10.0 Å². The zero-order valence-corrected chi connectivity index (χ0v) is 18.2. The summed E-state index contributed by atoms with van der Waals surface area (Å²) in [5.74, 6) is 0.0402. The maximum atomic E-state index is 13.3. The molecule has 1 N–H and O–H groups in total. The monoisotopic (exact) mass is 433 g/mol. The van der Waals surface area contributed by atoms with Crippen molar-refractivity contribution in [1.29, 1.82) is 0 Å². The lowest BCUT2D eigenvalue weighted by Gasteiger charge is -2.36. The summed E-state index contributed by atoms with van der Waals surface area (Å²) >= 11 is 0. The number of rotatable bonds is 7. The molecule has 1 fully saturated rings. The van der Waals surface area contributed by atoms with E-state index in [-0.39, 0.29) is 10.5 Å². The molecule has 8 nitrogen and oxygen atoms in total. The molecule has 0 amide bonds. The van der Waals surface area contributed by atoms with Gasteiger partial charge in [-0.1, -0.05) is 6.92 Å². The van der Waals surface area contributed by atoms with Crippen molar-refractivity contribution in [1.82, 2.24) is 4.90 Å². The minimum absolute atomic E-state index is 0.0474. The Morgan fingerprint density at radius 3 is 2.27 bits per heavy atom. The number of nitrogens with one attached hydrogen (secondary N) is 1. The Kier molecular flexibility index (Phi) is 6.84. The van der Waals surface area contributed by atoms with Crippen LogP contribution in [0.2, 0.25) is 0 Å². The lowest BCUT2D eigenvalue weighted by Crippen LogP contribution is -2.46. The molecule has 1 aliphatic heterocycles. The third-order valence-electron chi connectivity index (χ3n) is 5.17. The summed E-state index contributed by atoms with van der Waals surface area (Å²) in [6.07, 6.45) is 0. The van der Waals surface area contributed by atoms with E-state index in [9.17, 15) is 13.2 Å². The van der Waals surface area contributed by atoms with Gasteiger partial charge in [-0.3, -0.25) is 4.72 Å². The Morgan fingerprint density at radius 2 is 1.70 bits per heavy atom. The van der Waals surface area contributed by atoms with Gasteiger partial charge in [-0.2, -0.15) is 0 Å². The average molecular weight is 434 g/mol. The summed E-state index contributed by atoms with van der Waals surface area (Å²) in [6.45, 7) is 6.17. The van der Waals surface area contributed by atoms with Gasteiger partial charge in [-0.15, -0.1) is 0 Å². The van der Waals surface area contributed by atoms with Gasteiger partial charge in [0, 0.05) is 31.9 Å². The van der Waals surface area contributed by atoms with Crippen LogP contribution in [0.5, 0.6) is 5.75 Å². The summed E-state index contributed by atoms with van der Waals surface area (Å²) in [7, 11) is -1.14. The highest BCUT2D eigenvalue weighted by atomic mass is 32.2. The topological polar surface area (TPSA) is 88.2 Å². The fraction of sp³-hybridized carbons (Fsp3) is 0.381. The first-order chi connectivity index (χ1) is 14.4. The second kappa shape index (κ2) is 9.36. The van der Waals surface area contributed by atoms with Crippen LogP contribution in [-0.2, 0) is 14.8 Å². The summed E-state index contributed by atoms with van der Waals surface area (Å²) in [4.78, 5) is 16.4. The molecule has 0 radical (unpaired) electrons. The van der Waals surface area contributed by atoms with Crippen molar-refractivity contribution in [2.24, 2.45) is 0 Å². The Balaban J connectivity index is 1.97. The van der Waals surface area contributed by atoms with E-state index in [2.05, 4.69) is 16.5 Å². The fourth-order valence-electron chi connectivity index (χ4n) is 3.41. The molecule has 0 atom stereocenters. The number of ether oxygens (including phenoxy) is 2. The van der Waals surface area contributed by atoms with E-state index in [1.54, 1.807) is 43.5 Å². The second-order valence-electron chi connectivity index (χ2n) is 6.93. The standard InChI is InChI=1S/C21H27N3O5S/c1-4-23-11-13-24(14-12-23)19-10-5-16(21(25)29-3)15-20(19)30(26,27)22-17-6-8-18(28-2)9-7-17/h5-10,15,22H,4,11-14H2,1-3H3. The fourth-order valence-corrected chi connectivity index (χ4v) is 4.72. The molecule has 0 saturated carbocycles. The Hall–Kier alpha value is -2.78. The number of esters is 1. The van der Waals surface area contributed by atoms with Crippen molar-refractivity contribution in [3.63, 3.8) is 0 Å². The highest BCUT2D eigenvalue weighted by Gasteiger charge is 2.26. The zero-order valence-electron chi connectivity index (χ0n) is 17.4. The van der Waals surface area contributed by atoms with E-state index in [0.717, 1.165) is 19.6 Å². The van der Waals surface area contributed by atoms with Crippen LogP contribution < -0.4 is 14.4 Å². The number of hydrogen-bond donors (Lipinski definition) is 1. The van der Waals surface area contributed by atoms with Crippen molar-refractivity contribution in [2.75, 3.05) is 56.6 Å². The molecule has 2 aromatic carbocycles. The second-order valence-corrected chi connectivity index (χ2v) is 8.58. The maximum absolute atomic E-state index is 13.3. The Labute approximate surface area is 177 Å². The molecule has 1 saturated heterocycles. The molecule has 30 heavy (non-hydrogen) atoms. The molecule has 3 rings (SSSR count). The highest BCUT2D eigenvalue weighted by Crippen LogP contribution is 2.30. The van der Waals surface area contributed by atoms with Crippen LogP contribution in [-0.4, -0.2) is 66.2 Å². The lowest BCUT2D eigenvalue weighted by atomic mass is 10.1. The Bertz CT molecular complexity index is 984. The molecule has 0 bridgehead atoms. The maximum Gasteiger partial charge on any atom is 0.337 e. The van der Waals surface area contributed by atoms with E-state index >= 15 is 0 Å². The number of likely N-dealkylation sites (N-methyl/N-ethyl adjacent to an activating group) is 1. The van der Waals surface area contributed by atoms with Crippen LogP contribution in [0.4, 0.5) is 11.4 Å². The summed E-state index contributed by atoms with van der Waals surface area (Å²) in [6, 6.07) is 11.2. The van der Waals surface area contributed by atoms with E-state index in [4.69, 9.17) is 9.47 Å². The molecule has 0 unspecified atom stereocenters. The van der Waals surface area contributed by atoms with Gasteiger partial charge in [0.2, 0.25) is 0 Å². The number of carbonyl (C=O) groups excluding carboxylic acids is 1. The Morgan fingerprint density at radius 1 is 1.03 bits per heavy atom. The molecule has 1 heterocycles. The number of sulfonamides is 1. The van der Waals surface area contributed by atoms with Crippen molar-refractivity contribution in [2.45, 2.75) is 11.8 Å². The van der Waals surface area contributed by atoms with Crippen molar-refractivity contribution in [3.8, 4) is 5.75 Å². The third-order valence-corrected chi connectivity index (χ3v) is 6.58. The largest absolute Gasteiger partial charge is 0.497 e. The molecule has 2 aromatic rings. The number of piperazine rings is 1. The summed E-state index contributed by atoms with van der Waals surface area (Å²) in [5.41, 5.74) is 1.16. The van der Waals surface area contributed by atoms with Gasteiger partial charge in [0.1, 0.15) is 10.6 Å². The van der Waals surface area contributed by atoms with Gasteiger partial charge in [0.05, 0.1) is 25.5 Å². The number of nitrogens with zero attached hydrogens (tertiary/aromatic N) is 2. The van der Waals surface area contributed by atoms with Crippen molar-refractivity contribution >= 4 is 27.4 Å². The van der Waals surface area contributed by atoms with Crippen molar-refractivity contribution < 1.29 is 22.7 Å². The number of anilines is 2. The molecule has 0 aliphatic carbocycles. The number of carbonyl (C=O) groups is 1. The molecular formula is C21H27N3O5S. The molecule has 9 heteroatoms. The van der Waals surface area contributed by atoms with E-state index in [1.165, 1.54) is 13.2 Å². The van der Waals surface area contributed by atoms with Crippen LogP contribution in [0.3, 0.4) is 0 Å². The molecule has 0 spiro atoms. The molecule has 1 aliphatic rings. The van der Waals surface area contributed by atoms with E-state index in [1.807, 2.05) is 4.90 Å². The van der Waals surface area contributed by atoms with Gasteiger partial charge >= 0.3 is 5.97 Å². The summed E-state index contributed by atoms with van der Waals surface area (Å²) < 4.78 is 39.0. The molecule has 162 valence electrons. The minimum Gasteiger partial charge on any atom is -0.497 e. The summed E-state index contributed by atoms with van der Waals surface area (Å²) in [5, 5.41) is 0. The van der Waals surface area contributed by atoms with Crippen LogP contribution in [0, 0.1) is 0 Å². The van der Waals surface area contributed by atoms with Crippen LogP contribution in [0.15, 0.2) is 47.4 Å². The van der Waals surface area contributed by atoms with Gasteiger partial charge < -0.3 is 19.3 Å². The zero-order chi connectivity index (χ0) is 21.7. The first-order valence-corrected chi connectivity index (χ1v) is 11.2. The van der Waals surface area contributed by atoms with Crippen LogP contribution in [0.25, 0.3) is 0 Å². The average Bonchev–Trinajstić information content (AvgIpc) is 2.78. The first-order valence-electron chi connectivity index (χ1n) is 9.74. The number of methoxy groups -OCH3 is 2. The predicted molar refractivity (Wildman–Crippen MR) is 116 cm³/mol. The minimum atomic E-state index is -3.95. The molecular weight excluding hydrogens is 406 g/mol. The SMILES string of the molecule is CCN1CCN(c2ccc(C(=O)OC)cc2S(=O)(=O)Nc2ccc(OC)cc2)CC1. The van der Waals surface area contributed by atoms with Gasteiger partial charge in [-0.25, -0.2) is 13.2 Å².